The van der Waals surface area contributed by atoms with Crippen LogP contribution in [0.4, 0.5) is 11.4 Å². The number of para-hydroxylation sites is 1. The van der Waals surface area contributed by atoms with Gasteiger partial charge in [-0.1, -0.05) is 48.5 Å². The zero-order valence-corrected chi connectivity index (χ0v) is 15.9. The molecule has 1 aliphatic carbocycles. The average molecular weight is 379 g/mol. The van der Waals surface area contributed by atoms with Crippen molar-refractivity contribution in [2.24, 2.45) is 0 Å². The van der Waals surface area contributed by atoms with E-state index in [9.17, 15) is 4.79 Å². The third-order valence-corrected chi connectivity index (χ3v) is 5.52. The number of hydrogen-bond acceptors (Lipinski definition) is 3. The predicted octanol–water partition coefficient (Wildman–Crippen LogP) is 5.73. The number of aromatic amines is 1. The molecule has 29 heavy (non-hydrogen) atoms. The Morgan fingerprint density at radius 1 is 0.862 bits per heavy atom. The van der Waals surface area contributed by atoms with Crippen LogP contribution in [-0.4, -0.2) is 15.8 Å². The second-order valence-electron chi connectivity index (χ2n) is 7.39. The van der Waals surface area contributed by atoms with Crippen molar-refractivity contribution in [2.75, 3.05) is 5.32 Å². The van der Waals surface area contributed by atoms with Gasteiger partial charge in [-0.05, 0) is 42.2 Å². The van der Waals surface area contributed by atoms with Crippen LogP contribution < -0.4 is 5.32 Å². The Morgan fingerprint density at radius 3 is 2.28 bits per heavy atom. The Hall–Kier alpha value is -3.66. The van der Waals surface area contributed by atoms with Crippen LogP contribution in [0.5, 0.6) is 0 Å². The molecule has 0 spiro atoms. The first kappa shape index (κ1) is 17.4. The SMILES string of the molecule is O=C1CC(c2ccccc2)Cc2[nH]c(-c3ccncc3)c(Nc3ccccc3)c21. The van der Waals surface area contributed by atoms with E-state index in [2.05, 4.69) is 27.4 Å². The van der Waals surface area contributed by atoms with Crippen LogP contribution in [0.25, 0.3) is 11.3 Å². The van der Waals surface area contributed by atoms with E-state index in [4.69, 9.17) is 0 Å². The lowest BCUT2D eigenvalue weighted by Gasteiger charge is -2.22. The van der Waals surface area contributed by atoms with Crippen molar-refractivity contribution in [2.45, 2.75) is 18.8 Å². The summed E-state index contributed by atoms with van der Waals surface area (Å²) in [5, 5.41) is 3.49. The molecule has 4 heteroatoms. The number of ketones is 1. The number of pyridine rings is 1. The van der Waals surface area contributed by atoms with Gasteiger partial charge in [0.2, 0.25) is 0 Å². The smallest absolute Gasteiger partial charge is 0.167 e. The topological polar surface area (TPSA) is 57.8 Å². The average Bonchev–Trinajstić information content (AvgIpc) is 3.14. The standard InChI is InChI=1S/C25H21N3O/c29-22-16-19(17-7-3-1-4-8-17)15-21-23(22)25(27-20-9-5-2-6-10-20)24(28-21)18-11-13-26-14-12-18/h1-14,19,27-28H,15-16H2. The van der Waals surface area contributed by atoms with Crippen molar-refractivity contribution in [3.05, 3.63) is 102 Å². The van der Waals surface area contributed by atoms with Crippen molar-refractivity contribution >= 4 is 17.2 Å². The molecule has 4 aromatic rings. The van der Waals surface area contributed by atoms with E-state index in [1.165, 1.54) is 5.56 Å². The van der Waals surface area contributed by atoms with Crippen molar-refractivity contribution in [1.82, 2.24) is 9.97 Å². The summed E-state index contributed by atoms with van der Waals surface area (Å²) in [4.78, 5) is 20.9. The summed E-state index contributed by atoms with van der Waals surface area (Å²) >= 11 is 0. The zero-order valence-electron chi connectivity index (χ0n) is 15.9. The number of nitrogens with zero attached hydrogens (tertiary/aromatic N) is 1. The third-order valence-electron chi connectivity index (χ3n) is 5.52. The van der Waals surface area contributed by atoms with Gasteiger partial charge in [0.25, 0.3) is 0 Å². The number of Topliss-reactive ketones (excluding diaryl/α,β-unsaturated/α-hetero) is 1. The van der Waals surface area contributed by atoms with E-state index < -0.39 is 0 Å². The van der Waals surface area contributed by atoms with Crippen molar-refractivity contribution < 1.29 is 4.79 Å². The summed E-state index contributed by atoms with van der Waals surface area (Å²) < 4.78 is 0. The highest BCUT2D eigenvalue weighted by Crippen LogP contribution is 2.41. The zero-order chi connectivity index (χ0) is 19.6. The number of hydrogen-bond donors (Lipinski definition) is 2. The first-order valence-electron chi connectivity index (χ1n) is 9.85. The summed E-state index contributed by atoms with van der Waals surface area (Å²) in [5.41, 5.74) is 6.76. The molecule has 0 amide bonds. The Kier molecular flexibility index (Phi) is 4.45. The Morgan fingerprint density at radius 2 is 1.55 bits per heavy atom. The van der Waals surface area contributed by atoms with Crippen LogP contribution >= 0.6 is 0 Å². The number of H-pyrrole nitrogens is 1. The number of nitrogens with one attached hydrogen (secondary N) is 2. The van der Waals surface area contributed by atoms with Crippen LogP contribution in [0.3, 0.4) is 0 Å². The lowest BCUT2D eigenvalue weighted by molar-refractivity contribution is 0.0965. The van der Waals surface area contributed by atoms with Crippen LogP contribution in [0, 0.1) is 0 Å². The fraction of sp³-hybridized carbons (Fsp3) is 0.120. The highest BCUT2D eigenvalue weighted by molar-refractivity contribution is 6.07. The molecule has 2 heterocycles. The molecule has 1 unspecified atom stereocenters. The highest BCUT2D eigenvalue weighted by atomic mass is 16.1. The van der Waals surface area contributed by atoms with Gasteiger partial charge in [0, 0.05) is 35.8 Å². The Bertz CT molecular complexity index is 1130. The largest absolute Gasteiger partial charge is 0.356 e. The number of carbonyl (C=O) groups is 1. The summed E-state index contributed by atoms with van der Waals surface area (Å²) in [7, 11) is 0. The molecule has 2 aromatic carbocycles. The molecule has 0 fully saturated rings. The minimum absolute atomic E-state index is 0.176. The fourth-order valence-corrected chi connectivity index (χ4v) is 4.14. The lowest BCUT2D eigenvalue weighted by atomic mass is 9.82. The molecule has 0 radical (unpaired) electrons. The van der Waals surface area contributed by atoms with Gasteiger partial charge in [0.05, 0.1) is 16.9 Å². The van der Waals surface area contributed by atoms with Gasteiger partial charge in [0.1, 0.15) is 0 Å². The molecule has 0 bridgehead atoms. The lowest BCUT2D eigenvalue weighted by Crippen LogP contribution is -2.18. The molecule has 2 aromatic heterocycles. The highest BCUT2D eigenvalue weighted by Gasteiger charge is 2.32. The van der Waals surface area contributed by atoms with Crippen LogP contribution in [0.15, 0.2) is 85.2 Å². The quantitative estimate of drug-likeness (QED) is 0.476. The molecule has 1 aliphatic rings. The van der Waals surface area contributed by atoms with E-state index in [1.54, 1.807) is 12.4 Å². The van der Waals surface area contributed by atoms with Crippen LogP contribution in [0.1, 0.15) is 34.0 Å². The second kappa shape index (κ2) is 7.40. The molecule has 0 saturated heterocycles. The van der Waals surface area contributed by atoms with Gasteiger partial charge in [-0.15, -0.1) is 0 Å². The monoisotopic (exact) mass is 379 g/mol. The minimum atomic E-state index is 0.176. The second-order valence-corrected chi connectivity index (χ2v) is 7.39. The fourth-order valence-electron chi connectivity index (χ4n) is 4.14. The molecule has 0 aliphatic heterocycles. The summed E-state index contributed by atoms with van der Waals surface area (Å²) in [6.07, 6.45) is 4.89. The Balaban J connectivity index is 1.61. The Labute approximate surface area is 169 Å². The summed E-state index contributed by atoms with van der Waals surface area (Å²) in [6.45, 7) is 0. The van der Waals surface area contributed by atoms with Crippen molar-refractivity contribution in [3.8, 4) is 11.3 Å². The maximum absolute atomic E-state index is 13.3. The van der Waals surface area contributed by atoms with Crippen molar-refractivity contribution in [3.63, 3.8) is 0 Å². The van der Waals surface area contributed by atoms with Crippen LogP contribution in [-0.2, 0) is 6.42 Å². The minimum Gasteiger partial charge on any atom is -0.356 e. The van der Waals surface area contributed by atoms with E-state index >= 15 is 0 Å². The summed E-state index contributed by atoms with van der Waals surface area (Å²) in [6, 6.07) is 24.2. The van der Waals surface area contributed by atoms with E-state index in [0.29, 0.717) is 6.42 Å². The number of benzene rings is 2. The maximum Gasteiger partial charge on any atom is 0.167 e. The van der Waals surface area contributed by atoms with Crippen LogP contribution in [0.2, 0.25) is 0 Å². The van der Waals surface area contributed by atoms with Crippen molar-refractivity contribution in [1.29, 1.82) is 0 Å². The third kappa shape index (κ3) is 3.34. The first-order valence-corrected chi connectivity index (χ1v) is 9.85. The molecule has 2 N–H and O–H groups in total. The van der Waals surface area contributed by atoms with Gasteiger partial charge in [-0.3, -0.25) is 9.78 Å². The summed E-state index contributed by atoms with van der Waals surface area (Å²) in [5.74, 6) is 0.375. The maximum atomic E-state index is 13.3. The molecular weight excluding hydrogens is 358 g/mol. The number of carbonyl (C=O) groups excluding carboxylic acids is 1. The molecule has 142 valence electrons. The van der Waals surface area contributed by atoms with E-state index in [1.807, 2.05) is 60.7 Å². The predicted molar refractivity (Wildman–Crippen MR) is 116 cm³/mol. The normalized spacial score (nSPS) is 15.7. The van der Waals surface area contributed by atoms with E-state index in [0.717, 1.165) is 40.3 Å². The molecular formula is C25H21N3O. The first-order chi connectivity index (χ1) is 14.3. The molecule has 5 rings (SSSR count). The van der Waals surface area contributed by atoms with Gasteiger partial charge in [-0.25, -0.2) is 0 Å². The van der Waals surface area contributed by atoms with E-state index in [-0.39, 0.29) is 11.7 Å². The van der Waals surface area contributed by atoms with Gasteiger partial charge >= 0.3 is 0 Å². The molecule has 0 saturated carbocycles. The van der Waals surface area contributed by atoms with Gasteiger partial charge in [-0.2, -0.15) is 0 Å². The number of aromatic nitrogens is 2. The molecule has 4 nitrogen and oxygen atoms in total. The van der Waals surface area contributed by atoms with Gasteiger partial charge in [0.15, 0.2) is 5.78 Å². The molecule has 1 atom stereocenters. The number of fused-ring (bicyclic) bond motifs is 1. The van der Waals surface area contributed by atoms with Gasteiger partial charge < -0.3 is 10.3 Å². The number of rotatable bonds is 4. The number of anilines is 2.